The van der Waals surface area contributed by atoms with E-state index in [0.717, 1.165) is 73.8 Å². The second-order valence-corrected chi connectivity index (χ2v) is 8.72. The number of rotatable bonds is 10. The smallest absolute Gasteiger partial charge is 0.254 e. The largest absolute Gasteiger partial charge is 0.339 e. The van der Waals surface area contributed by atoms with E-state index in [9.17, 15) is 4.79 Å². The lowest BCUT2D eigenvalue weighted by Gasteiger charge is -2.24. The van der Waals surface area contributed by atoms with Crippen LogP contribution in [0.25, 0.3) is 22.2 Å². The van der Waals surface area contributed by atoms with Crippen LogP contribution in [0.3, 0.4) is 0 Å². The fourth-order valence-electron chi connectivity index (χ4n) is 3.75. The molecule has 3 rings (SSSR count). The summed E-state index contributed by atoms with van der Waals surface area (Å²) in [6.07, 6.45) is 6.58. The van der Waals surface area contributed by atoms with Gasteiger partial charge in [0.15, 0.2) is 0 Å². The summed E-state index contributed by atoms with van der Waals surface area (Å²) in [5.74, 6) is 0.0760. The Bertz CT molecular complexity index is 1030. The number of aromatic nitrogens is 1. The Morgan fingerprint density at radius 2 is 1.55 bits per heavy atom. The Morgan fingerprint density at radius 1 is 0.871 bits per heavy atom. The summed E-state index contributed by atoms with van der Waals surface area (Å²) in [7, 11) is 0. The quantitative estimate of drug-likeness (QED) is 0.289. The molecule has 0 aliphatic carbocycles. The van der Waals surface area contributed by atoms with Crippen LogP contribution in [0.2, 0.25) is 10.0 Å². The van der Waals surface area contributed by atoms with E-state index < -0.39 is 0 Å². The van der Waals surface area contributed by atoms with Gasteiger partial charge in [0.05, 0.1) is 26.8 Å². The third kappa shape index (κ3) is 5.99. The van der Waals surface area contributed by atoms with Crippen LogP contribution >= 0.6 is 23.2 Å². The molecule has 0 saturated carbocycles. The predicted molar refractivity (Wildman–Crippen MR) is 132 cm³/mol. The fourth-order valence-corrected chi connectivity index (χ4v) is 4.04. The number of fused-ring (bicyclic) bond motifs is 1. The van der Waals surface area contributed by atoms with E-state index in [2.05, 4.69) is 13.8 Å². The van der Waals surface area contributed by atoms with Crippen molar-refractivity contribution in [1.29, 1.82) is 0 Å². The molecule has 0 atom stereocenters. The number of hydrogen-bond acceptors (Lipinski definition) is 2. The van der Waals surface area contributed by atoms with E-state index in [1.165, 1.54) is 0 Å². The second kappa shape index (κ2) is 11.5. The number of hydrogen-bond donors (Lipinski definition) is 0. The van der Waals surface area contributed by atoms with Crippen LogP contribution in [0.1, 0.15) is 62.7 Å². The van der Waals surface area contributed by atoms with Crippen LogP contribution in [0.4, 0.5) is 0 Å². The van der Waals surface area contributed by atoms with E-state index in [0.29, 0.717) is 15.6 Å². The molecule has 0 fully saturated rings. The van der Waals surface area contributed by atoms with E-state index in [1.54, 1.807) is 12.1 Å². The van der Waals surface area contributed by atoms with Crippen molar-refractivity contribution >= 4 is 40.0 Å². The Kier molecular flexibility index (Phi) is 8.74. The minimum atomic E-state index is 0.0760. The average Bonchev–Trinajstić information content (AvgIpc) is 2.79. The number of para-hydroxylation sites is 1. The minimum Gasteiger partial charge on any atom is -0.339 e. The lowest BCUT2D eigenvalue weighted by Crippen LogP contribution is -2.33. The number of nitrogens with zero attached hydrogens (tertiary/aromatic N) is 2. The van der Waals surface area contributed by atoms with Gasteiger partial charge in [-0.05, 0) is 37.1 Å². The molecular weight excluding hydrogens is 427 g/mol. The van der Waals surface area contributed by atoms with Crippen LogP contribution < -0.4 is 0 Å². The summed E-state index contributed by atoms with van der Waals surface area (Å²) in [6.45, 7) is 5.94. The molecule has 3 aromatic rings. The van der Waals surface area contributed by atoms with Crippen LogP contribution in [0.5, 0.6) is 0 Å². The molecule has 3 nitrogen and oxygen atoms in total. The maximum absolute atomic E-state index is 13.7. The van der Waals surface area contributed by atoms with Crippen LogP contribution in [0.15, 0.2) is 48.5 Å². The Balaban J connectivity index is 2.02. The number of benzene rings is 2. The number of halogens is 2. The van der Waals surface area contributed by atoms with Gasteiger partial charge in [0, 0.05) is 24.0 Å². The molecule has 0 radical (unpaired) electrons. The lowest BCUT2D eigenvalue weighted by atomic mass is 10.0. The minimum absolute atomic E-state index is 0.0760. The van der Waals surface area contributed by atoms with Gasteiger partial charge in [0.2, 0.25) is 0 Å². The summed E-state index contributed by atoms with van der Waals surface area (Å²) < 4.78 is 0. The maximum Gasteiger partial charge on any atom is 0.254 e. The molecule has 0 N–H and O–H groups in total. The molecule has 2 aromatic carbocycles. The first-order valence-electron chi connectivity index (χ1n) is 11.2. The first kappa shape index (κ1) is 23.6. The van der Waals surface area contributed by atoms with E-state index in [1.807, 2.05) is 41.3 Å². The van der Waals surface area contributed by atoms with Gasteiger partial charge >= 0.3 is 0 Å². The van der Waals surface area contributed by atoms with E-state index in [4.69, 9.17) is 28.2 Å². The zero-order valence-corrected chi connectivity index (χ0v) is 19.8. The molecule has 5 heteroatoms. The van der Waals surface area contributed by atoms with E-state index >= 15 is 0 Å². The molecule has 0 bridgehead atoms. The molecule has 1 amide bonds. The van der Waals surface area contributed by atoms with Gasteiger partial charge in [-0.1, -0.05) is 87.0 Å². The Hall–Kier alpha value is -2.10. The topological polar surface area (TPSA) is 33.2 Å². The molecule has 0 spiro atoms. The number of pyridine rings is 1. The van der Waals surface area contributed by atoms with Gasteiger partial charge in [-0.2, -0.15) is 0 Å². The molecule has 0 aliphatic rings. The van der Waals surface area contributed by atoms with Crippen molar-refractivity contribution in [3.63, 3.8) is 0 Å². The Labute approximate surface area is 195 Å². The van der Waals surface area contributed by atoms with Crippen molar-refractivity contribution in [2.45, 2.75) is 52.4 Å². The molecule has 0 aliphatic heterocycles. The summed E-state index contributed by atoms with van der Waals surface area (Å²) in [5.41, 5.74) is 3.07. The normalized spacial score (nSPS) is 11.1. The van der Waals surface area contributed by atoms with Crippen molar-refractivity contribution in [3.05, 3.63) is 64.1 Å². The molecule has 31 heavy (non-hydrogen) atoms. The molecular formula is C26H30Cl2N2O. The molecule has 0 saturated heterocycles. The van der Waals surface area contributed by atoms with Gasteiger partial charge in [-0.25, -0.2) is 4.98 Å². The second-order valence-electron chi connectivity index (χ2n) is 7.91. The Morgan fingerprint density at radius 3 is 2.19 bits per heavy atom. The highest BCUT2D eigenvalue weighted by molar-refractivity contribution is 6.42. The first-order valence-corrected chi connectivity index (χ1v) is 11.9. The van der Waals surface area contributed by atoms with Crippen molar-refractivity contribution in [1.82, 2.24) is 9.88 Å². The number of carbonyl (C=O) groups is 1. The van der Waals surface area contributed by atoms with Crippen molar-refractivity contribution in [2.75, 3.05) is 13.1 Å². The third-order valence-electron chi connectivity index (χ3n) is 5.51. The van der Waals surface area contributed by atoms with Gasteiger partial charge in [-0.3, -0.25) is 4.79 Å². The number of amides is 1. The van der Waals surface area contributed by atoms with Gasteiger partial charge in [0.1, 0.15) is 0 Å². The van der Waals surface area contributed by atoms with Crippen LogP contribution in [0, 0.1) is 0 Å². The van der Waals surface area contributed by atoms with Gasteiger partial charge < -0.3 is 4.90 Å². The third-order valence-corrected chi connectivity index (χ3v) is 6.25. The van der Waals surface area contributed by atoms with Crippen molar-refractivity contribution in [3.8, 4) is 11.3 Å². The zero-order chi connectivity index (χ0) is 22.2. The molecule has 1 aromatic heterocycles. The summed E-state index contributed by atoms with van der Waals surface area (Å²) in [4.78, 5) is 20.5. The highest BCUT2D eigenvalue weighted by atomic mass is 35.5. The van der Waals surface area contributed by atoms with Gasteiger partial charge in [-0.15, -0.1) is 0 Å². The standard InChI is InChI=1S/C26H30Cl2N2O/c1-3-5-9-15-30(16-10-6-4-2)26(31)21-18-25(19-13-14-22(27)23(28)17-19)29-24-12-8-7-11-20(21)24/h7-8,11-14,17-18H,3-6,9-10,15-16H2,1-2H3. The number of carbonyl (C=O) groups excluding carboxylic acids is 1. The predicted octanol–water partition coefficient (Wildman–Crippen LogP) is 8.03. The highest BCUT2D eigenvalue weighted by Crippen LogP contribution is 2.30. The van der Waals surface area contributed by atoms with Crippen molar-refractivity contribution < 1.29 is 4.79 Å². The summed E-state index contributed by atoms with van der Waals surface area (Å²) in [5, 5.41) is 1.86. The zero-order valence-electron chi connectivity index (χ0n) is 18.3. The SMILES string of the molecule is CCCCCN(CCCCC)C(=O)c1cc(-c2ccc(Cl)c(Cl)c2)nc2ccccc12. The van der Waals surface area contributed by atoms with Crippen LogP contribution in [-0.4, -0.2) is 28.9 Å². The molecule has 1 heterocycles. The number of unbranched alkanes of at least 4 members (excludes halogenated alkanes) is 4. The first-order chi connectivity index (χ1) is 15.0. The monoisotopic (exact) mass is 456 g/mol. The fraction of sp³-hybridized carbons (Fsp3) is 0.385. The highest BCUT2D eigenvalue weighted by Gasteiger charge is 2.20. The summed E-state index contributed by atoms with van der Waals surface area (Å²) in [6, 6.07) is 15.2. The average molecular weight is 457 g/mol. The summed E-state index contributed by atoms with van der Waals surface area (Å²) >= 11 is 12.3. The van der Waals surface area contributed by atoms with Crippen LogP contribution in [-0.2, 0) is 0 Å². The lowest BCUT2D eigenvalue weighted by molar-refractivity contribution is 0.0751. The van der Waals surface area contributed by atoms with Gasteiger partial charge in [0.25, 0.3) is 5.91 Å². The van der Waals surface area contributed by atoms with Crippen molar-refractivity contribution in [2.24, 2.45) is 0 Å². The van der Waals surface area contributed by atoms with E-state index in [-0.39, 0.29) is 5.91 Å². The maximum atomic E-state index is 13.7. The molecule has 164 valence electrons. The molecule has 0 unspecified atom stereocenters.